The van der Waals surface area contributed by atoms with E-state index in [2.05, 4.69) is 15.3 Å². The topological polar surface area (TPSA) is 61.4 Å². The molecule has 1 fully saturated rings. The Labute approximate surface area is 146 Å². The lowest BCUT2D eigenvalue weighted by molar-refractivity contribution is 0.0740. The second kappa shape index (κ2) is 7.46. The van der Waals surface area contributed by atoms with Crippen LogP contribution in [0.15, 0.2) is 36.7 Å². The summed E-state index contributed by atoms with van der Waals surface area (Å²) in [5, 5.41) is 3.17. The van der Waals surface area contributed by atoms with E-state index in [0.29, 0.717) is 43.4 Å². The Morgan fingerprint density at radius 1 is 1.16 bits per heavy atom. The molecule has 7 heteroatoms. The SMILES string of the molecule is CC(C)Nc1cc(C(=O)N2CCN(c3ccccc3F)CC2)ncn1. The van der Waals surface area contributed by atoms with Crippen molar-refractivity contribution < 1.29 is 9.18 Å². The molecule has 0 unspecified atom stereocenters. The lowest BCUT2D eigenvalue weighted by atomic mass is 10.2. The molecule has 1 aromatic heterocycles. The molecule has 6 nitrogen and oxygen atoms in total. The summed E-state index contributed by atoms with van der Waals surface area (Å²) in [5.41, 5.74) is 0.956. The van der Waals surface area contributed by atoms with Crippen molar-refractivity contribution in [1.82, 2.24) is 14.9 Å². The van der Waals surface area contributed by atoms with Crippen molar-refractivity contribution in [2.24, 2.45) is 0 Å². The summed E-state index contributed by atoms with van der Waals surface area (Å²) in [5.74, 6) is 0.281. The van der Waals surface area contributed by atoms with Crippen molar-refractivity contribution >= 4 is 17.4 Å². The van der Waals surface area contributed by atoms with Gasteiger partial charge in [-0.3, -0.25) is 4.79 Å². The lowest BCUT2D eigenvalue weighted by Gasteiger charge is -2.36. The lowest BCUT2D eigenvalue weighted by Crippen LogP contribution is -2.49. The molecule has 0 aliphatic carbocycles. The van der Waals surface area contributed by atoms with Crippen molar-refractivity contribution in [1.29, 1.82) is 0 Å². The van der Waals surface area contributed by atoms with Crippen molar-refractivity contribution in [3.63, 3.8) is 0 Å². The van der Waals surface area contributed by atoms with Crippen molar-refractivity contribution in [3.8, 4) is 0 Å². The molecule has 1 aromatic carbocycles. The molecule has 2 aromatic rings. The number of benzene rings is 1. The minimum absolute atomic E-state index is 0.123. The van der Waals surface area contributed by atoms with E-state index >= 15 is 0 Å². The van der Waals surface area contributed by atoms with Crippen LogP contribution in [0, 0.1) is 5.82 Å². The van der Waals surface area contributed by atoms with Crippen LogP contribution in [0.3, 0.4) is 0 Å². The van der Waals surface area contributed by atoms with Crippen molar-refractivity contribution in [3.05, 3.63) is 48.2 Å². The van der Waals surface area contributed by atoms with E-state index in [-0.39, 0.29) is 17.8 Å². The first-order valence-electron chi connectivity index (χ1n) is 8.42. The van der Waals surface area contributed by atoms with Gasteiger partial charge in [-0.1, -0.05) is 12.1 Å². The van der Waals surface area contributed by atoms with E-state index in [1.54, 1.807) is 23.1 Å². The zero-order valence-corrected chi connectivity index (χ0v) is 14.4. The molecule has 0 bridgehead atoms. The second-order valence-corrected chi connectivity index (χ2v) is 6.32. The number of aromatic nitrogens is 2. The third-order valence-electron chi connectivity index (χ3n) is 4.08. The summed E-state index contributed by atoms with van der Waals surface area (Å²) >= 11 is 0. The fourth-order valence-electron chi connectivity index (χ4n) is 2.87. The van der Waals surface area contributed by atoms with Gasteiger partial charge in [0.05, 0.1) is 5.69 Å². The Balaban J connectivity index is 1.65. The van der Waals surface area contributed by atoms with E-state index in [0.717, 1.165) is 0 Å². The average molecular weight is 343 g/mol. The molecular formula is C18H22FN5O. The molecule has 2 heterocycles. The van der Waals surface area contributed by atoms with Gasteiger partial charge < -0.3 is 15.1 Å². The first-order chi connectivity index (χ1) is 12.0. The van der Waals surface area contributed by atoms with Crippen LogP contribution >= 0.6 is 0 Å². The molecule has 132 valence electrons. The highest BCUT2D eigenvalue weighted by molar-refractivity contribution is 5.93. The van der Waals surface area contributed by atoms with Crippen LogP contribution in [-0.2, 0) is 0 Å². The maximum Gasteiger partial charge on any atom is 0.272 e. The molecule has 1 amide bonds. The standard InChI is InChI=1S/C18H22FN5O/c1-13(2)22-17-11-15(20-12-21-17)18(25)24-9-7-23(8-10-24)16-6-4-3-5-14(16)19/h3-6,11-13H,7-10H2,1-2H3,(H,20,21,22). The van der Waals surface area contributed by atoms with Crippen molar-refractivity contribution in [2.45, 2.75) is 19.9 Å². The quantitative estimate of drug-likeness (QED) is 0.924. The first kappa shape index (κ1) is 17.1. The number of piperazine rings is 1. The smallest absolute Gasteiger partial charge is 0.272 e. The molecule has 0 spiro atoms. The van der Waals surface area contributed by atoms with Gasteiger partial charge in [0.15, 0.2) is 0 Å². The predicted octanol–water partition coefficient (Wildman–Crippen LogP) is 2.40. The summed E-state index contributed by atoms with van der Waals surface area (Å²) in [6, 6.07) is 8.61. The van der Waals surface area contributed by atoms with Gasteiger partial charge >= 0.3 is 0 Å². The highest BCUT2D eigenvalue weighted by Gasteiger charge is 2.24. The summed E-state index contributed by atoms with van der Waals surface area (Å²) in [4.78, 5) is 24.6. The Kier molecular flexibility index (Phi) is 5.11. The highest BCUT2D eigenvalue weighted by Crippen LogP contribution is 2.20. The van der Waals surface area contributed by atoms with Gasteiger partial charge in [-0.05, 0) is 26.0 Å². The number of hydrogen-bond acceptors (Lipinski definition) is 5. The van der Waals surface area contributed by atoms with E-state index in [1.165, 1.54) is 12.4 Å². The predicted molar refractivity (Wildman–Crippen MR) is 95.3 cm³/mol. The van der Waals surface area contributed by atoms with E-state index in [4.69, 9.17) is 0 Å². The van der Waals surface area contributed by atoms with E-state index < -0.39 is 0 Å². The number of nitrogens with zero attached hydrogens (tertiary/aromatic N) is 4. The number of nitrogens with one attached hydrogen (secondary N) is 1. The minimum atomic E-state index is -0.234. The normalized spacial score (nSPS) is 14.7. The number of carbonyl (C=O) groups excluding carboxylic acids is 1. The first-order valence-corrected chi connectivity index (χ1v) is 8.42. The summed E-state index contributed by atoms with van der Waals surface area (Å²) in [6.45, 7) is 6.26. The third kappa shape index (κ3) is 4.04. The molecule has 1 aliphatic heterocycles. The zero-order valence-electron chi connectivity index (χ0n) is 14.4. The number of hydrogen-bond donors (Lipinski definition) is 1. The number of amides is 1. The maximum atomic E-state index is 13.9. The van der Waals surface area contributed by atoms with Gasteiger partial charge in [0.25, 0.3) is 5.91 Å². The molecule has 0 atom stereocenters. The minimum Gasteiger partial charge on any atom is -0.368 e. The Morgan fingerprint density at radius 2 is 1.88 bits per heavy atom. The van der Waals surface area contributed by atoms with Crippen LogP contribution in [0.4, 0.5) is 15.9 Å². The van der Waals surface area contributed by atoms with Crippen molar-refractivity contribution in [2.75, 3.05) is 36.4 Å². The third-order valence-corrected chi connectivity index (χ3v) is 4.08. The highest BCUT2D eigenvalue weighted by atomic mass is 19.1. The van der Waals surface area contributed by atoms with Gasteiger partial charge in [0, 0.05) is 38.3 Å². The Morgan fingerprint density at radius 3 is 2.56 bits per heavy atom. The van der Waals surface area contributed by atoms with Crippen LogP contribution in [0.5, 0.6) is 0 Å². The van der Waals surface area contributed by atoms with Crippen LogP contribution in [-0.4, -0.2) is 53.0 Å². The van der Waals surface area contributed by atoms with Crippen LogP contribution < -0.4 is 10.2 Å². The van der Waals surface area contributed by atoms with Crippen LogP contribution in [0.1, 0.15) is 24.3 Å². The van der Waals surface area contributed by atoms with Crippen LogP contribution in [0.25, 0.3) is 0 Å². The summed E-state index contributed by atoms with van der Waals surface area (Å²) in [6.07, 6.45) is 1.40. The molecule has 0 saturated carbocycles. The maximum absolute atomic E-state index is 13.9. The van der Waals surface area contributed by atoms with E-state index in [9.17, 15) is 9.18 Å². The zero-order chi connectivity index (χ0) is 17.8. The molecular weight excluding hydrogens is 321 g/mol. The number of anilines is 2. The number of carbonyl (C=O) groups is 1. The fraction of sp³-hybridized carbons (Fsp3) is 0.389. The number of rotatable bonds is 4. The fourth-order valence-corrected chi connectivity index (χ4v) is 2.87. The average Bonchev–Trinajstić information content (AvgIpc) is 2.61. The molecule has 25 heavy (non-hydrogen) atoms. The monoisotopic (exact) mass is 343 g/mol. The Hall–Kier alpha value is -2.70. The molecule has 1 N–H and O–H groups in total. The molecule has 1 aliphatic rings. The van der Waals surface area contributed by atoms with Gasteiger partial charge in [-0.2, -0.15) is 0 Å². The van der Waals surface area contributed by atoms with Gasteiger partial charge in [0.1, 0.15) is 23.7 Å². The Bertz CT molecular complexity index is 744. The van der Waals surface area contributed by atoms with Crippen LogP contribution in [0.2, 0.25) is 0 Å². The summed E-state index contributed by atoms with van der Waals surface area (Å²) < 4.78 is 13.9. The van der Waals surface area contributed by atoms with Gasteiger partial charge in [0.2, 0.25) is 0 Å². The molecule has 3 rings (SSSR count). The molecule has 0 radical (unpaired) electrons. The van der Waals surface area contributed by atoms with E-state index in [1.807, 2.05) is 24.8 Å². The largest absolute Gasteiger partial charge is 0.368 e. The van der Waals surface area contributed by atoms with Gasteiger partial charge in [-0.25, -0.2) is 14.4 Å². The molecule has 1 saturated heterocycles. The summed E-state index contributed by atoms with van der Waals surface area (Å²) in [7, 11) is 0. The number of halogens is 1. The second-order valence-electron chi connectivity index (χ2n) is 6.32. The number of para-hydroxylation sites is 1. The van der Waals surface area contributed by atoms with Gasteiger partial charge in [-0.15, -0.1) is 0 Å².